The quantitative estimate of drug-likeness (QED) is 0.774. The van der Waals surface area contributed by atoms with Crippen LogP contribution in [0.3, 0.4) is 0 Å². The minimum absolute atomic E-state index is 0.0253. The summed E-state index contributed by atoms with van der Waals surface area (Å²) < 4.78 is 25.5. The molecule has 1 aliphatic heterocycles. The first-order chi connectivity index (χ1) is 7.49. The van der Waals surface area contributed by atoms with Crippen molar-refractivity contribution in [1.29, 1.82) is 0 Å². The average Bonchev–Trinajstić information content (AvgIpc) is 2.77. The second-order valence-electron chi connectivity index (χ2n) is 4.72. The van der Waals surface area contributed by atoms with E-state index in [9.17, 15) is 13.2 Å². The van der Waals surface area contributed by atoms with Gasteiger partial charge in [0.25, 0.3) is 0 Å². The summed E-state index contributed by atoms with van der Waals surface area (Å²) in [7, 11) is -3.22. The molecule has 0 spiro atoms. The third kappa shape index (κ3) is 2.38. The molecule has 0 aromatic carbocycles. The van der Waals surface area contributed by atoms with E-state index >= 15 is 0 Å². The SMILES string of the molecule is O=C(O)CCCS(=O)(=O)N1CC2CCC1C2. The van der Waals surface area contributed by atoms with E-state index in [2.05, 4.69) is 0 Å². The molecule has 0 amide bonds. The molecular weight excluding hydrogens is 230 g/mol. The minimum Gasteiger partial charge on any atom is -0.481 e. The summed E-state index contributed by atoms with van der Waals surface area (Å²) in [6.07, 6.45) is 3.26. The Balaban J connectivity index is 1.90. The van der Waals surface area contributed by atoms with Gasteiger partial charge in [0.2, 0.25) is 10.0 Å². The number of hydrogen-bond acceptors (Lipinski definition) is 3. The maximum absolute atomic E-state index is 11.9. The van der Waals surface area contributed by atoms with Crippen molar-refractivity contribution in [2.75, 3.05) is 12.3 Å². The molecule has 2 bridgehead atoms. The van der Waals surface area contributed by atoms with Crippen LogP contribution in [-0.2, 0) is 14.8 Å². The molecule has 2 rings (SSSR count). The zero-order valence-electron chi connectivity index (χ0n) is 9.13. The summed E-state index contributed by atoms with van der Waals surface area (Å²) in [5, 5.41) is 8.47. The van der Waals surface area contributed by atoms with Crippen molar-refractivity contribution in [2.24, 2.45) is 5.92 Å². The number of carboxylic acids is 1. The van der Waals surface area contributed by atoms with Gasteiger partial charge in [0.1, 0.15) is 0 Å². The minimum atomic E-state index is -3.22. The fourth-order valence-electron chi connectivity index (χ4n) is 2.74. The smallest absolute Gasteiger partial charge is 0.303 e. The largest absolute Gasteiger partial charge is 0.481 e. The molecule has 1 heterocycles. The van der Waals surface area contributed by atoms with Gasteiger partial charge in [0, 0.05) is 19.0 Å². The van der Waals surface area contributed by atoms with Gasteiger partial charge in [-0.2, -0.15) is 4.31 Å². The number of piperidine rings is 1. The van der Waals surface area contributed by atoms with Gasteiger partial charge in [-0.25, -0.2) is 8.42 Å². The maximum Gasteiger partial charge on any atom is 0.303 e. The molecule has 2 atom stereocenters. The fraction of sp³-hybridized carbons (Fsp3) is 0.900. The van der Waals surface area contributed by atoms with Crippen LogP contribution in [0.1, 0.15) is 32.1 Å². The van der Waals surface area contributed by atoms with Crippen molar-refractivity contribution in [2.45, 2.75) is 38.1 Å². The van der Waals surface area contributed by atoms with E-state index in [4.69, 9.17) is 5.11 Å². The zero-order valence-corrected chi connectivity index (χ0v) is 9.95. The van der Waals surface area contributed by atoms with Crippen molar-refractivity contribution < 1.29 is 18.3 Å². The van der Waals surface area contributed by atoms with Gasteiger partial charge in [0.15, 0.2) is 0 Å². The van der Waals surface area contributed by atoms with Crippen LogP contribution in [0.5, 0.6) is 0 Å². The van der Waals surface area contributed by atoms with Gasteiger partial charge in [0.05, 0.1) is 5.75 Å². The lowest BCUT2D eigenvalue weighted by Gasteiger charge is -2.25. The fourth-order valence-corrected chi connectivity index (χ4v) is 4.57. The summed E-state index contributed by atoms with van der Waals surface area (Å²) in [4.78, 5) is 10.3. The maximum atomic E-state index is 11.9. The van der Waals surface area contributed by atoms with Crippen molar-refractivity contribution in [3.63, 3.8) is 0 Å². The van der Waals surface area contributed by atoms with E-state index in [1.54, 1.807) is 4.31 Å². The molecule has 6 heteroatoms. The summed E-state index contributed by atoms with van der Waals surface area (Å²) >= 11 is 0. The van der Waals surface area contributed by atoms with Crippen molar-refractivity contribution in [3.8, 4) is 0 Å². The van der Waals surface area contributed by atoms with Crippen LogP contribution in [0.2, 0.25) is 0 Å². The molecule has 1 aliphatic carbocycles. The first-order valence-corrected chi connectivity index (χ1v) is 7.31. The van der Waals surface area contributed by atoms with Crippen LogP contribution in [0.25, 0.3) is 0 Å². The molecule has 16 heavy (non-hydrogen) atoms. The highest BCUT2D eigenvalue weighted by molar-refractivity contribution is 7.89. The standard InChI is InChI=1S/C10H17NO4S/c12-10(13)2-1-5-16(14,15)11-7-8-3-4-9(11)6-8/h8-9H,1-7H2,(H,12,13). The van der Waals surface area contributed by atoms with Crippen LogP contribution in [-0.4, -0.2) is 42.1 Å². The van der Waals surface area contributed by atoms with Crippen LogP contribution >= 0.6 is 0 Å². The van der Waals surface area contributed by atoms with Gasteiger partial charge >= 0.3 is 5.97 Å². The first kappa shape index (κ1) is 11.9. The van der Waals surface area contributed by atoms with Gasteiger partial charge in [-0.15, -0.1) is 0 Å². The summed E-state index contributed by atoms with van der Waals surface area (Å²) in [5.41, 5.74) is 0. The Morgan fingerprint density at radius 3 is 2.62 bits per heavy atom. The van der Waals surface area contributed by atoms with Gasteiger partial charge in [-0.3, -0.25) is 4.79 Å². The second kappa shape index (κ2) is 4.33. The molecule has 0 aromatic heterocycles. The lowest BCUT2D eigenvalue weighted by atomic mass is 10.1. The van der Waals surface area contributed by atoms with E-state index in [0.717, 1.165) is 19.3 Å². The Morgan fingerprint density at radius 1 is 1.38 bits per heavy atom. The van der Waals surface area contributed by atoms with Crippen LogP contribution < -0.4 is 0 Å². The number of nitrogens with zero attached hydrogens (tertiary/aromatic N) is 1. The molecule has 1 saturated heterocycles. The lowest BCUT2D eigenvalue weighted by molar-refractivity contribution is -0.137. The molecule has 2 aliphatic rings. The number of aliphatic carboxylic acids is 1. The lowest BCUT2D eigenvalue weighted by Crippen LogP contribution is -2.39. The predicted octanol–water partition coefficient (Wildman–Crippen LogP) is 0.665. The molecule has 0 aromatic rings. The van der Waals surface area contributed by atoms with Gasteiger partial charge < -0.3 is 5.11 Å². The van der Waals surface area contributed by atoms with E-state index in [-0.39, 0.29) is 24.6 Å². The summed E-state index contributed by atoms with van der Waals surface area (Å²) in [5.74, 6) is -0.417. The predicted molar refractivity (Wildman–Crippen MR) is 58.5 cm³/mol. The highest BCUT2D eigenvalue weighted by Crippen LogP contribution is 2.39. The Labute approximate surface area is 95.5 Å². The first-order valence-electron chi connectivity index (χ1n) is 5.70. The van der Waals surface area contributed by atoms with Gasteiger partial charge in [-0.1, -0.05) is 0 Å². The molecule has 2 fully saturated rings. The van der Waals surface area contributed by atoms with Crippen molar-refractivity contribution in [1.82, 2.24) is 4.31 Å². The third-order valence-electron chi connectivity index (χ3n) is 3.51. The zero-order chi connectivity index (χ0) is 11.8. The number of hydrogen-bond donors (Lipinski definition) is 1. The third-order valence-corrected chi connectivity index (χ3v) is 5.48. The summed E-state index contributed by atoms with van der Waals surface area (Å²) in [6, 6.07) is 0.194. The van der Waals surface area contributed by atoms with Crippen molar-refractivity contribution >= 4 is 16.0 Å². The van der Waals surface area contributed by atoms with E-state index in [0.29, 0.717) is 12.5 Å². The number of rotatable bonds is 5. The Kier molecular flexibility index (Phi) is 3.21. The van der Waals surface area contributed by atoms with E-state index < -0.39 is 16.0 Å². The summed E-state index contributed by atoms with van der Waals surface area (Å²) in [6.45, 7) is 0.653. The Bertz CT molecular complexity index is 378. The molecule has 2 unspecified atom stereocenters. The number of carboxylic acid groups (broad SMARTS) is 1. The molecule has 1 N–H and O–H groups in total. The Morgan fingerprint density at radius 2 is 2.12 bits per heavy atom. The molecule has 0 radical (unpaired) electrons. The molecule has 5 nitrogen and oxygen atoms in total. The van der Waals surface area contributed by atoms with E-state index in [1.807, 2.05) is 0 Å². The average molecular weight is 247 g/mol. The van der Waals surface area contributed by atoms with Crippen LogP contribution in [0.4, 0.5) is 0 Å². The van der Waals surface area contributed by atoms with E-state index in [1.165, 1.54) is 0 Å². The highest BCUT2D eigenvalue weighted by atomic mass is 32.2. The number of carbonyl (C=O) groups is 1. The van der Waals surface area contributed by atoms with Gasteiger partial charge in [-0.05, 0) is 31.6 Å². The second-order valence-corrected chi connectivity index (χ2v) is 6.76. The van der Waals surface area contributed by atoms with Crippen LogP contribution in [0.15, 0.2) is 0 Å². The van der Waals surface area contributed by atoms with Crippen LogP contribution in [0, 0.1) is 5.92 Å². The number of fused-ring (bicyclic) bond motifs is 2. The Hall–Kier alpha value is -0.620. The normalized spacial score (nSPS) is 29.8. The molecular formula is C10H17NO4S. The monoisotopic (exact) mass is 247 g/mol. The molecule has 92 valence electrons. The topological polar surface area (TPSA) is 74.7 Å². The molecule has 1 saturated carbocycles. The van der Waals surface area contributed by atoms with Crippen molar-refractivity contribution in [3.05, 3.63) is 0 Å². The highest BCUT2D eigenvalue weighted by Gasteiger charge is 2.43. The number of sulfonamides is 1.